The maximum absolute atomic E-state index is 11.5. The molecule has 1 unspecified atom stereocenters. The van der Waals surface area contributed by atoms with Crippen molar-refractivity contribution in [2.24, 2.45) is 5.73 Å². The molecule has 0 radical (unpaired) electrons. The molecule has 0 saturated carbocycles. The molecule has 5 heteroatoms. The molecule has 0 aliphatic carbocycles. The highest BCUT2D eigenvalue weighted by Crippen LogP contribution is 2.07. The van der Waals surface area contributed by atoms with Gasteiger partial charge in [0.2, 0.25) is 0 Å². The Kier molecular flexibility index (Phi) is 7.95. The predicted octanol–water partition coefficient (Wildman–Crippen LogP) is 1.57. The molecule has 0 aliphatic heterocycles. The molecule has 0 bridgehead atoms. The molecule has 0 rings (SSSR count). The Bertz CT molecular complexity index is 235. The van der Waals surface area contributed by atoms with Crippen LogP contribution in [-0.2, 0) is 4.74 Å². The van der Waals surface area contributed by atoms with Crippen LogP contribution in [0.4, 0.5) is 4.79 Å². The zero-order valence-electron chi connectivity index (χ0n) is 12.5. The molecule has 0 aliphatic rings. The average molecular weight is 259 g/mol. The molecule has 0 spiro atoms. The van der Waals surface area contributed by atoms with Crippen molar-refractivity contribution in [3.8, 4) is 0 Å². The van der Waals surface area contributed by atoms with Gasteiger partial charge in [0, 0.05) is 19.1 Å². The highest BCUT2D eigenvalue weighted by atomic mass is 16.6. The monoisotopic (exact) mass is 259 g/mol. The lowest BCUT2D eigenvalue weighted by Gasteiger charge is -2.28. The van der Waals surface area contributed by atoms with E-state index < -0.39 is 5.60 Å². The first-order chi connectivity index (χ1) is 8.34. The average Bonchev–Trinajstić information content (AvgIpc) is 2.25. The Morgan fingerprint density at radius 1 is 1.33 bits per heavy atom. The van der Waals surface area contributed by atoms with Gasteiger partial charge in [-0.15, -0.1) is 0 Å². The smallest absolute Gasteiger partial charge is 0.407 e. The maximum atomic E-state index is 11.5. The first-order valence-corrected chi connectivity index (χ1v) is 6.75. The third-order valence-electron chi connectivity index (χ3n) is 2.75. The van der Waals surface area contributed by atoms with Crippen LogP contribution < -0.4 is 11.1 Å². The van der Waals surface area contributed by atoms with E-state index in [4.69, 9.17) is 10.5 Å². The number of hydrogen-bond acceptors (Lipinski definition) is 4. The van der Waals surface area contributed by atoms with Crippen molar-refractivity contribution < 1.29 is 9.53 Å². The number of ether oxygens (including phenoxy) is 1. The fourth-order valence-corrected chi connectivity index (χ4v) is 1.84. The molecular formula is C13H29N3O2. The van der Waals surface area contributed by atoms with Crippen molar-refractivity contribution in [1.29, 1.82) is 0 Å². The van der Waals surface area contributed by atoms with Crippen molar-refractivity contribution in [2.45, 2.75) is 52.7 Å². The third kappa shape index (κ3) is 7.50. The Labute approximate surface area is 111 Å². The Morgan fingerprint density at radius 3 is 2.28 bits per heavy atom. The molecule has 0 aromatic heterocycles. The third-order valence-corrected chi connectivity index (χ3v) is 2.75. The molecule has 18 heavy (non-hydrogen) atoms. The zero-order valence-corrected chi connectivity index (χ0v) is 12.5. The summed E-state index contributed by atoms with van der Waals surface area (Å²) in [4.78, 5) is 13.8. The van der Waals surface area contributed by atoms with Crippen LogP contribution in [0.15, 0.2) is 0 Å². The standard InChI is InChI=1S/C13H29N3O2/c1-6-16(7-2)11(10-14)8-9-15-12(17)18-13(3,4)5/h11H,6-10,14H2,1-5H3,(H,15,17). The molecule has 108 valence electrons. The van der Waals surface area contributed by atoms with Gasteiger partial charge < -0.3 is 15.8 Å². The SMILES string of the molecule is CCN(CC)C(CN)CCNC(=O)OC(C)(C)C. The highest BCUT2D eigenvalue weighted by Gasteiger charge is 2.17. The quantitative estimate of drug-likeness (QED) is 0.728. The van der Waals surface area contributed by atoms with Crippen molar-refractivity contribution in [1.82, 2.24) is 10.2 Å². The van der Waals surface area contributed by atoms with Crippen LogP contribution in [0.1, 0.15) is 41.0 Å². The molecule has 3 N–H and O–H groups in total. The fourth-order valence-electron chi connectivity index (χ4n) is 1.84. The van der Waals surface area contributed by atoms with E-state index in [-0.39, 0.29) is 6.09 Å². The normalized spacial score (nSPS) is 13.5. The van der Waals surface area contributed by atoms with Crippen LogP contribution in [0.25, 0.3) is 0 Å². The molecule has 0 fully saturated rings. The summed E-state index contributed by atoms with van der Waals surface area (Å²) < 4.78 is 5.17. The minimum Gasteiger partial charge on any atom is -0.444 e. The second-order valence-electron chi connectivity index (χ2n) is 5.33. The van der Waals surface area contributed by atoms with E-state index in [1.807, 2.05) is 20.8 Å². The number of nitrogens with two attached hydrogens (primary N) is 1. The minimum atomic E-state index is -0.448. The summed E-state index contributed by atoms with van der Waals surface area (Å²) in [5.41, 5.74) is 5.31. The van der Waals surface area contributed by atoms with Gasteiger partial charge in [0.15, 0.2) is 0 Å². The fraction of sp³-hybridized carbons (Fsp3) is 0.923. The number of nitrogens with one attached hydrogen (secondary N) is 1. The van der Waals surface area contributed by atoms with Gasteiger partial charge in [-0.25, -0.2) is 4.79 Å². The summed E-state index contributed by atoms with van der Waals surface area (Å²) >= 11 is 0. The van der Waals surface area contributed by atoms with Gasteiger partial charge in [-0.1, -0.05) is 13.8 Å². The number of likely N-dealkylation sites (N-methyl/N-ethyl adjacent to an activating group) is 1. The minimum absolute atomic E-state index is 0.315. The summed E-state index contributed by atoms with van der Waals surface area (Å²) in [6.45, 7) is 12.9. The molecule has 1 atom stereocenters. The maximum Gasteiger partial charge on any atom is 0.407 e. The summed E-state index contributed by atoms with van der Waals surface area (Å²) in [6.07, 6.45) is 0.482. The van der Waals surface area contributed by atoms with Gasteiger partial charge in [0.25, 0.3) is 0 Å². The predicted molar refractivity (Wildman–Crippen MR) is 74.6 cm³/mol. The van der Waals surface area contributed by atoms with Crippen LogP contribution >= 0.6 is 0 Å². The van der Waals surface area contributed by atoms with Crippen LogP contribution in [0.3, 0.4) is 0 Å². The van der Waals surface area contributed by atoms with Crippen molar-refractivity contribution in [3.63, 3.8) is 0 Å². The topological polar surface area (TPSA) is 67.6 Å². The van der Waals surface area contributed by atoms with Crippen LogP contribution in [0.2, 0.25) is 0 Å². The first-order valence-electron chi connectivity index (χ1n) is 6.75. The number of carbonyl (C=O) groups excluding carboxylic acids is 1. The summed E-state index contributed by atoms with van der Waals surface area (Å²) in [6, 6.07) is 0.315. The Balaban J connectivity index is 3.97. The van der Waals surface area contributed by atoms with Gasteiger partial charge >= 0.3 is 6.09 Å². The molecule has 0 saturated heterocycles. The summed E-state index contributed by atoms with van der Waals surface area (Å²) in [7, 11) is 0. The van der Waals surface area contributed by atoms with Crippen molar-refractivity contribution in [2.75, 3.05) is 26.2 Å². The number of nitrogens with zero attached hydrogens (tertiary/aromatic N) is 1. The van der Waals surface area contributed by atoms with Crippen LogP contribution in [0.5, 0.6) is 0 Å². The molecule has 5 nitrogen and oxygen atoms in total. The van der Waals surface area contributed by atoms with E-state index >= 15 is 0 Å². The van der Waals surface area contributed by atoms with Gasteiger partial charge in [-0.3, -0.25) is 4.90 Å². The highest BCUT2D eigenvalue weighted by molar-refractivity contribution is 5.67. The number of carbonyl (C=O) groups is 1. The van der Waals surface area contributed by atoms with E-state index in [0.717, 1.165) is 19.5 Å². The van der Waals surface area contributed by atoms with E-state index in [1.54, 1.807) is 0 Å². The molecule has 1 amide bonds. The lowest BCUT2D eigenvalue weighted by Crippen LogP contribution is -2.43. The lowest BCUT2D eigenvalue weighted by atomic mass is 10.1. The van der Waals surface area contributed by atoms with Crippen molar-refractivity contribution >= 4 is 6.09 Å². The Morgan fingerprint density at radius 2 is 1.89 bits per heavy atom. The molecule has 0 aromatic carbocycles. The first kappa shape index (κ1) is 17.2. The van der Waals surface area contributed by atoms with Crippen LogP contribution in [0, 0.1) is 0 Å². The van der Waals surface area contributed by atoms with Gasteiger partial charge in [-0.2, -0.15) is 0 Å². The largest absolute Gasteiger partial charge is 0.444 e. The number of alkyl carbamates (subject to hydrolysis) is 1. The number of hydrogen-bond donors (Lipinski definition) is 2. The summed E-state index contributed by atoms with van der Waals surface area (Å²) in [5.74, 6) is 0. The van der Waals surface area contributed by atoms with E-state index in [9.17, 15) is 4.79 Å². The second kappa shape index (κ2) is 8.32. The summed E-state index contributed by atoms with van der Waals surface area (Å²) in [5, 5.41) is 2.76. The van der Waals surface area contributed by atoms with E-state index in [0.29, 0.717) is 19.1 Å². The second-order valence-corrected chi connectivity index (χ2v) is 5.33. The van der Waals surface area contributed by atoms with Crippen molar-refractivity contribution in [3.05, 3.63) is 0 Å². The molecular weight excluding hydrogens is 230 g/mol. The molecule has 0 aromatic rings. The number of rotatable bonds is 7. The lowest BCUT2D eigenvalue weighted by molar-refractivity contribution is 0.0522. The Hall–Kier alpha value is -0.810. The number of amides is 1. The van der Waals surface area contributed by atoms with E-state index in [2.05, 4.69) is 24.1 Å². The van der Waals surface area contributed by atoms with Gasteiger partial charge in [0.05, 0.1) is 0 Å². The van der Waals surface area contributed by atoms with Gasteiger partial charge in [-0.05, 0) is 40.3 Å². The molecule has 0 heterocycles. The zero-order chi connectivity index (χ0) is 14.2. The van der Waals surface area contributed by atoms with E-state index in [1.165, 1.54) is 0 Å². The van der Waals surface area contributed by atoms with Crippen LogP contribution in [-0.4, -0.2) is 48.8 Å². The van der Waals surface area contributed by atoms with Gasteiger partial charge in [0.1, 0.15) is 5.60 Å².